The summed E-state index contributed by atoms with van der Waals surface area (Å²) in [7, 11) is 0. The molecule has 3 aromatic rings. The zero-order valence-corrected chi connectivity index (χ0v) is 16.6. The zero-order chi connectivity index (χ0) is 19.9. The number of hydrogen-bond acceptors (Lipinski definition) is 4. The summed E-state index contributed by atoms with van der Waals surface area (Å²) < 4.78 is 3.26. The monoisotopic (exact) mass is 379 g/mol. The first kappa shape index (κ1) is 18.4. The summed E-state index contributed by atoms with van der Waals surface area (Å²) in [6.45, 7) is 7.73. The Labute approximate surface area is 163 Å². The Bertz CT molecular complexity index is 1090. The van der Waals surface area contributed by atoms with E-state index >= 15 is 0 Å². The average molecular weight is 379 g/mol. The number of amides is 1. The molecule has 0 saturated carbocycles. The quantitative estimate of drug-likeness (QED) is 0.700. The second-order valence-electron chi connectivity index (χ2n) is 8.29. The Hall–Kier alpha value is -2.96. The highest BCUT2D eigenvalue weighted by molar-refractivity contribution is 5.76. The van der Waals surface area contributed by atoms with Crippen molar-refractivity contribution in [2.24, 2.45) is 0 Å². The van der Waals surface area contributed by atoms with E-state index in [0.29, 0.717) is 24.1 Å². The van der Waals surface area contributed by atoms with Gasteiger partial charge < -0.3 is 4.90 Å². The third-order valence-corrected chi connectivity index (χ3v) is 5.24. The molecule has 0 saturated heterocycles. The number of fused-ring (bicyclic) bond motifs is 2. The number of carbonyl (C=O) groups excluding carboxylic acids is 1. The molecule has 0 spiro atoms. The number of hydrogen-bond donors (Lipinski definition) is 0. The third kappa shape index (κ3) is 3.32. The average Bonchev–Trinajstić information content (AvgIpc) is 3.12. The first-order valence-corrected chi connectivity index (χ1v) is 9.63. The van der Waals surface area contributed by atoms with Crippen LogP contribution in [0.5, 0.6) is 0 Å². The lowest BCUT2D eigenvalue weighted by Gasteiger charge is -2.29. The smallest absolute Gasteiger partial charge is 0.264 e. The van der Waals surface area contributed by atoms with E-state index in [9.17, 15) is 9.59 Å². The highest BCUT2D eigenvalue weighted by Gasteiger charge is 2.22. The van der Waals surface area contributed by atoms with Crippen LogP contribution in [-0.4, -0.2) is 36.7 Å². The third-order valence-electron chi connectivity index (χ3n) is 5.24. The van der Waals surface area contributed by atoms with Crippen molar-refractivity contribution in [1.29, 1.82) is 0 Å². The van der Waals surface area contributed by atoms with E-state index in [1.165, 1.54) is 22.0 Å². The molecule has 3 heterocycles. The molecule has 0 fully saturated rings. The minimum absolute atomic E-state index is 0.0619. The van der Waals surface area contributed by atoms with E-state index in [-0.39, 0.29) is 23.4 Å². The predicted molar refractivity (Wildman–Crippen MR) is 107 cm³/mol. The van der Waals surface area contributed by atoms with Crippen LogP contribution in [0.15, 0.2) is 41.6 Å². The number of benzene rings is 1. The van der Waals surface area contributed by atoms with E-state index in [1.807, 2.05) is 37.8 Å². The molecule has 0 atom stereocenters. The van der Waals surface area contributed by atoms with Gasteiger partial charge in [0.25, 0.3) is 5.56 Å². The van der Waals surface area contributed by atoms with E-state index < -0.39 is 0 Å². The van der Waals surface area contributed by atoms with E-state index in [4.69, 9.17) is 0 Å². The summed E-state index contributed by atoms with van der Waals surface area (Å²) in [6, 6.07) is 8.23. The standard InChI is InChI=1S/C21H25N5O2/c1-21(2,3)26-19-17(12-23-26)20(28)25(14-22-19)11-9-18(27)24-10-8-15-6-4-5-7-16(15)13-24/h4-7,12,14H,8-11,13H2,1-3H3. The van der Waals surface area contributed by atoms with Crippen LogP contribution < -0.4 is 5.56 Å². The van der Waals surface area contributed by atoms with E-state index in [1.54, 1.807) is 10.9 Å². The van der Waals surface area contributed by atoms with Gasteiger partial charge in [-0.2, -0.15) is 5.10 Å². The fourth-order valence-corrected chi connectivity index (χ4v) is 3.68. The number of carbonyl (C=O) groups is 1. The Morgan fingerprint density at radius 3 is 2.68 bits per heavy atom. The zero-order valence-electron chi connectivity index (χ0n) is 16.6. The molecule has 1 aliphatic heterocycles. The van der Waals surface area contributed by atoms with Gasteiger partial charge in [0, 0.05) is 26.1 Å². The topological polar surface area (TPSA) is 73.0 Å². The molecule has 0 radical (unpaired) electrons. The van der Waals surface area contributed by atoms with Gasteiger partial charge in [-0.05, 0) is 38.3 Å². The second-order valence-corrected chi connectivity index (χ2v) is 8.29. The van der Waals surface area contributed by atoms with Crippen molar-refractivity contribution < 1.29 is 4.79 Å². The minimum Gasteiger partial charge on any atom is -0.338 e. The molecule has 4 rings (SSSR count). The fourth-order valence-electron chi connectivity index (χ4n) is 3.68. The van der Waals surface area contributed by atoms with Gasteiger partial charge in [0.1, 0.15) is 5.39 Å². The number of rotatable bonds is 3. The van der Waals surface area contributed by atoms with E-state index in [2.05, 4.69) is 22.2 Å². The van der Waals surface area contributed by atoms with E-state index in [0.717, 1.165) is 13.0 Å². The van der Waals surface area contributed by atoms with Crippen LogP contribution in [0.3, 0.4) is 0 Å². The van der Waals surface area contributed by atoms with Crippen LogP contribution in [0.1, 0.15) is 38.3 Å². The van der Waals surface area contributed by atoms with Crippen LogP contribution in [-0.2, 0) is 29.8 Å². The lowest BCUT2D eigenvalue weighted by Crippen LogP contribution is -2.36. The van der Waals surface area contributed by atoms with Crippen molar-refractivity contribution in [3.05, 3.63) is 58.3 Å². The summed E-state index contributed by atoms with van der Waals surface area (Å²) in [5.41, 5.74) is 2.68. The van der Waals surface area contributed by atoms with Crippen molar-refractivity contribution in [3.63, 3.8) is 0 Å². The summed E-state index contributed by atoms with van der Waals surface area (Å²) in [6.07, 6.45) is 4.24. The van der Waals surface area contributed by atoms with Crippen molar-refractivity contribution in [1.82, 2.24) is 24.2 Å². The maximum Gasteiger partial charge on any atom is 0.264 e. The molecule has 0 unspecified atom stereocenters. The van der Waals surface area contributed by atoms with Gasteiger partial charge in [-0.3, -0.25) is 14.2 Å². The molecule has 7 heteroatoms. The Balaban J connectivity index is 1.48. The Morgan fingerprint density at radius 1 is 1.18 bits per heavy atom. The lowest BCUT2D eigenvalue weighted by atomic mass is 10.00. The van der Waals surface area contributed by atoms with Crippen LogP contribution in [0.25, 0.3) is 11.0 Å². The molecule has 2 aromatic heterocycles. The maximum absolute atomic E-state index is 12.8. The molecule has 0 bridgehead atoms. The summed E-state index contributed by atoms with van der Waals surface area (Å²) in [5, 5.41) is 4.81. The SMILES string of the molecule is CC(C)(C)n1ncc2c(=O)n(CCC(=O)N3CCc4ccccc4C3)cnc21. The second kappa shape index (κ2) is 6.89. The van der Waals surface area contributed by atoms with Crippen LogP contribution in [0, 0.1) is 0 Å². The fraction of sp³-hybridized carbons (Fsp3) is 0.429. The van der Waals surface area contributed by atoms with Crippen LogP contribution in [0.4, 0.5) is 0 Å². The van der Waals surface area contributed by atoms with Gasteiger partial charge in [-0.15, -0.1) is 0 Å². The highest BCUT2D eigenvalue weighted by Crippen LogP contribution is 2.20. The van der Waals surface area contributed by atoms with Gasteiger partial charge in [0.05, 0.1) is 18.1 Å². The number of aryl methyl sites for hydroxylation is 1. The molecular formula is C21H25N5O2. The Morgan fingerprint density at radius 2 is 1.93 bits per heavy atom. The normalized spacial score (nSPS) is 14.3. The first-order valence-electron chi connectivity index (χ1n) is 9.63. The van der Waals surface area contributed by atoms with Gasteiger partial charge in [0.15, 0.2) is 5.65 Å². The molecule has 28 heavy (non-hydrogen) atoms. The molecule has 1 amide bonds. The molecule has 146 valence electrons. The largest absolute Gasteiger partial charge is 0.338 e. The number of nitrogens with zero attached hydrogens (tertiary/aromatic N) is 5. The molecule has 0 N–H and O–H groups in total. The summed E-state index contributed by atoms with van der Waals surface area (Å²) in [5.74, 6) is 0.0619. The highest BCUT2D eigenvalue weighted by atomic mass is 16.2. The van der Waals surface area contributed by atoms with Crippen molar-refractivity contribution in [2.45, 2.75) is 52.2 Å². The molecular weight excluding hydrogens is 354 g/mol. The van der Waals surface area contributed by atoms with Crippen LogP contribution in [0.2, 0.25) is 0 Å². The summed E-state index contributed by atoms with van der Waals surface area (Å²) in [4.78, 5) is 31.7. The van der Waals surface area contributed by atoms with Gasteiger partial charge >= 0.3 is 0 Å². The number of aromatic nitrogens is 4. The van der Waals surface area contributed by atoms with Crippen LogP contribution >= 0.6 is 0 Å². The predicted octanol–water partition coefficient (Wildman–Crippen LogP) is 2.32. The maximum atomic E-state index is 12.8. The van der Waals surface area contributed by atoms with Crippen molar-refractivity contribution in [2.75, 3.05) is 6.54 Å². The molecule has 7 nitrogen and oxygen atoms in total. The van der Waals surface area contributed by atoms with Gasteiger partial charge in [0.2, 0.25) is 5.91 Å². The van der Waals surface area contributed by atoms with Gasteiger partial charge in [-0.25, -0.2) is 9.67 Å². The first-order chi connectivity index (χ1) is 13.3. The Kier molecular flexibility index (Phi) is 4.53. The minimum atomic E-state index is -0.256. The molecule has 0 aliphatic carbocycles. The van der Waals surface area contributed by atoms with Gasteiger partial charge in [-0.1, -0.05) is 24.3 Å². The molecule has 1 aromatic carbocycles. The molecule has 1 aliphatic rings. The lowest BCUT2D eigenvalue weighted by molar-refractivity contribution is -0.132. The summed E-state index contributed by atoms with van der Waals surface area (Å²) >= 11 is 0. The van der Waals surface area contributed by atoms with Crippen molar-refractivity contribution >= 4 is 16.9 Å². The van der Waals surface area contributed by atoms with Crippen molar-refractivity contribution in [3.8, 4) is 0 Å².